The fourth-order valence-corrected chi connectivity index (χ4v) is 0.610. The standard InChI is InChI=1S/C6H9N3.2C2H6/c1-5-3-6(7-2)4-8-9-5;2*1-2/h3-4H,1-2H3,(H,7,9);2*1-2H3. The van der Waals surface area contributed by atoms with Gasteiger partial charge in [-0.15, -0.1) is 0 Å². The van der Waals surface area contributed by atoms with E-state index in [1.54, 1.807) is 6.20 Å². The highest BCUT2D eigenvalue weighted by molar-refractivity contribution is 5.39. The second-order valence-corrected chi connectivity index (χ2v) is 1.84. The number of rotatable bonds is 1. The summed E-state index contributed by atoms with van der Waals surface area (Å²) in [6.07, 6.45) is 1.69. The van der Waals surface area contributed by atoms with Crippen LogP contribution in [0.25, 0.3) is 0 Å². The third-order valence-corrected chi connectivity index (χ3v) is 1.07. The lowest BCUT2D eigenvalue weighted by molar-refractivity contribution is 0.981. The van der Waals surface area contributed by atoms with Crippen LogP contribution in [0.2, 0.25) is 0 Å². The van der Waals surface area contributed by atoms with Crippen molar-refractivity contribution >= 4 is 5.69 Å². The molecule has 0 atom stereocenters. The normalized spacial score (nSPS) is 7.23. The van der Waals surface area contributed by atoms with Crippen molar-refractivity contribution in [1.82, 2.24) is 10.2 Å². The molecule has 0 saturated heterocycles. The van der Waals surface area contributed by atoms with Crippen LogP contribution in [0.15, 0.2) is 12.3 Å². The Morgan fingerprint density at radius 1 is 1.15 bits per heavy atom. The molecule has 0 fully saturated rings. The van der Waals surface area contributed by atoms with Gasteiger partial charge in [0, 0.05) is 7.05 Å². The summed E-state index contributed by atoms with van der Waals surface area (Å²) in [7, 11) is 1.86. The predicted octanol–water partition coefficient (Wildman–Crippen LogP) is 2.88. The lowest BCUT2D eigenvalue weighted by Gasteiger charge is -1.96. The molecule has 3 nitrogen and oxygen atoms in total. The minimum absolute atomic E-state index is 0.932. The summed E-state index contributed by atoms with van der Waals surface area (Å²) in [5.41, 5.74) is 1.93. The van der Waals surface area contributed by atoms with Gasteiger partial charge in [-0.3, -0.25) is 0 Å². The molecule has 1 rings (SSSR count). The molecule has 1 aromatic rings. The van der Waals surface area contributed by atoms with Crippen molar-refractivity contribution in [3.8, 4) is 0 Å². The van der Waals surface area contributed by atoms with Gasteiger partial charge < -0.3 is 5.32 Å². The Morgan fingerprint density at radius 3 is 2.00 bits per heavy atom. The zero-order chi connectivity index (χ0) is 10.7. The third-order valence-electron chi connectivity index (χ3n) is 1.07. The van der Waals surface area contributed by atoms with Crippen LogP contribution < -0.4 is 5.32 Å². The number of aryl methyl sites for hydroxylation is 1. The van der Waals surface area contributed by atoms with Crippen LogP contribution in [0.4, 0.5) is 5.69 Å². The van der Waals surface area contributed by atoms with Crippen LogP contribution in [0, 0.1) is 6.92 Å². The highest BCUT2D eigenvalue weighted by Gasteiger charge is 1.87. The van der Waals surface area contributed by atoms with E-state index in [2.05, 4.69) is 15.5 Å². The minimum atomic E-state index is 0.932. The second kappa shape index (κ2) is 10.9. The SMILES string of the molecule is CC.CC.CNc1cnnc(C)c1. The summed E-state index contributed by atoms with van der Waals surface area (Å²) in [6.45, 7) is 9.91. The van der Waals surface area contributed by atoms with Crippen LogP contribution in [0.1, 0.15) is 33.4 Å². The smallest absolute Gasteiger partial charge is 0.0727 e. The Kier molecular flexibility index (Phi) is 12.1. The maximum atomic E-state index is 3.80. The lowest BCUT2D eigenvalue weighted by atomic mass is 10.4. The van der Waals surface area contributed by atoms with Crippen LogP contribution in [0.5, 0.6) is 0 Å². The number of anilines is 1. The first kappa shape index (κ1) is 14.4. The Labute approximate surface area is 81.6 Å². The van der Waals surface area contributed by atoms with E-state index in [4.69, 9.17) is 0 Å². The summed E-state index contributed by atoms with van der Waals surface area (Å²) in [5.74, 6) is 0. The van der Waals surface area contributed by atoms with Crippen molar-refractivity contribution in [3.05, 3.63) is 18.0 Å². The summed E-state index contributed by atoms with van der Waals surface area (Å²) >= 11 is 0. The summed E-state index contributed by atoms with van der Waals surface area (Å²) in [6, 6.07) is 1.94. The van der Waals surface area contributed by atoms with Gasteiger partial charge in [0.2, 0.25) is 0 Å². The minimum Gasteiger partial charge on any atom is -0.387 e. The average molecular weight is 183 g/mol. The average Bonchev–Trinajstić information content (AvgIpc) is 2.24. The molecule has 0 aliphatic heterocycles. The maximum Gasteiger partial charge on any atom is 0.0727 e. The van der Waals surface area contributed by atoms with Crippen LogP contribution in [-0.4, -0.2) is 17.2 Å². The van der Waals surface area contributed by atoms with Crippen molar-refractivity contribution in [3.63, 3.8) is 0 Å². The molecule has 1 N–H and O–H groups in total. The quantitative estimate of drug-likeness (QED) is 0.727. The monoisotopic (exact) mass is 183 g/mol. The van der Waals surface area contributed by atoms with E-state index in [1.807, 2.05) is 47.7 Å². The van der Waals surface area contributed by atoms with Gasteiger partial charge in [-0.1, -0.05) is 27.7 Å². The summed E-state index contributed by atoms with van der Waals surface area (Å²) in [5, 5.41) is 10.5. The Bertz CT molecular complexity index is 199. The highest BCUT2D eigenvalue weighted by atomic mass is 15.1. The fourth-order valence-electron chi connectivity index (χ4n) is 0.610. The zero-order valence-electron chi connectivity index (χ0n) is 9.55. The number of nitrogens with zero attached hydrogens (tertiary/aromatic N) is 2. The van der Waals surface area contributed by atoms with Gasteiger partial charge >= 0.3 is 0 Å². The van der Waals surface area contributed by atoms with Crippen molar-refractivity contribution in [2.75, 3.05) is 12.4 Å². The fraction of sp³-hybridized carbons (Fsp3) is 0.600. The Morgan fingerprint density at radius 2 is 1.69 bits per heavy atom. The largest absolute Gasteiger partial charge is 0.387 e. The molecule has 76 valence electrons. The van der Waals surface area contributed by atoms with E-state index in [-0.39, 0.29) is 0 Å². The molecule has 1 heterocycles. The molecular formula is C10H21N3. The first-order chi connectivity index (χ1) is 6.33. The van der Waals surface area contributed by atoms with Crippen molar-refractivity contribution < 1.29 is 0 Å². The number of nitrogens with one attached hydrogen (secondary N) is 1. The predicted molar refractivity (Wildman–Crippen MR) is 59.0 cm³/mol. The van der Waals surface area contributed by atoms with Crippen LogP contribution in [-0.2, 0) is 0 Å². The first-order valence-electron chi connectivity index (χ1n) is 4.80. The molecule has 13 heavy (non-hydrogen) atoms. The molecule has 0 amide bonds. The Hall–Kier alpha value is -1.12. The molecule has 0 bridgehead atoms. The van der Waals surface area contributed by atoms with E-state index < -0.39 is 0 Å². The van der Waals surface area contributed by atoms with E-state index in [0.717, 1.165) is 11.4 Å². The van der Waals surface area contributed by atoms with Crippen molar-refractivity contribution in [2.45, 2.75) is 34.6 Å². The molecule has 0 aliphatic carbocycles. The van der Waals surface area contributed by atoms with Crippen molar-refractivity contribution in [1.29, 1.82) is 0 Å². The molecule has 0 radical (unpaired) electrons. The third kappa shape index (κ3) is 7.25. The van der Waals surface area contributed by atoms with Gasteiger partial charge in [-0.05, 0) is 13.0 Å². The number of hydrogen-bond donors (Lipinski definition) is 1. The number of aromatic nitrogens is 2. The van der Waals surface area contributed by atoms with E-state index in [1.165, 1.54) is 0 Å². The van der Waals surface area contributed by atoms with Gasteiger partial charge in [0.05, 0.1) is 17.6 Å². The molecule has 3 heteroatoms. The molecule has 0 saturated carbocycles. The van der Waals surface area contributed by atoms with Gasteiger partial charge in [-0.25, -0.2) is 0 Å². The molecule has 0 spiro atoms. The van der Waals surface area contributed by atoms with E-state index in [9.17, 15) is 0 Å². The van der Waals surface area contributed by atoms with E-state index in [0.29, 0.717) is 0 Å². The molecule has 1 aromatic heterocycles. The van der Waals surface area contributed by atoms with Gasteiger partial charge in [0.15, 0.2) is 0 Å². The molecule has 0 aromatic carbocycles. The highest BCUT2D eigenvalue weighted by Crippen LogP contribution is 2.01. The first-order valence-corrected chi connectivity index (χ1v) is 4.80. The zero-order valence-corrected chi connectivity index (χ0v) is 9.55. The Balaban J connectivity index is 0. The van der Waals surface area contributed by atoms with Crippen molar-refractivity contribution in [2.24, 2.45) is 0 Å². The van der Waals surface area contributed by atoms with Gasteiger partial charge in [0.25, 0.3) is 0 Å². The summed E-state index contributed by atoms with van der Waals surface area (Å²) in [4.78, 5) is 0. The van der Waals surface area contributed by atoms with Crippen LogP contribution in [0.3, 0.4) is 0 Å². The summed E-state index contributed by atoms with van der Waals surface area (Å²) < 4.78 is 0. The topological polar surface area (TPSA) is 37.8 Å². The molecule has 0 unspecified atom stereocenters. The molecule has 0 aliphatic rings. The van der Waals surface area contributed by atoms with Crippen LogP contribution >= 0.6 is 0 Å². The lowest BCUT2D eigenvalue weighted by Crippen LogP contribution is -1.91. The maximum absolute atomic E-state index is 3.80. The van der Waals surface area contributed by atoms with Gasteiger partial charge in [-0.2, -0.15) is 10.2 Å². The molecular weight excluding hydrogens is 162 g/mol. The second-order valence-electron chi connectivity index (χ2n) is 1.84. The number of hydrogen-bond acceptors (Lipinski definition) is 3. The van der Waals surface area contributed by atoms with E-state index >= 15 is 0 Å². The van der Waals surface area contributed by atoms with Gasteiger partial charge in [0.1, 0.15) is 0 Å².